The van der Waals surface area contributed by atoms with Crippen LogP contribution in [0.15, 0.2) is 18.2 Å². The van der Waals surface area contributed by atoms with Gasteiger partial charge in [-0.25, -0.2) is 4.79 Å². The van der Waals surface area contributed by atoms with Gasteiger partial charge in [0.1, 0.15) is 18.8 Å². The lowest BCUT2D eigenvalue weighted by molar-refractivity contribution is -0.147. The molecule has 6 aliphatic rings. The number of nitrogens with zero attached hydrogens (tertiary/aromatic N) is 1. The molecule has 1 aromatic rings. The average molecular weight is 424 g/mol. The number of imide groups is 1. The molecule has 7 rings (SSSR count). The smallest absolute Gasteiger partial charge is 0.325 e. The summed E-state index contributed by atoms with van der Waals surface area (Å²) < 4.78 is 11.2. The van der Waals surface area contributed by atoms with Gasteiger partial charge in [-0.3, -0.25) is 14.5 Å². The Labute approximate surface area is 181 Å². The first-order valence-electron chi connectivity index (χ1n) is 11.4. The summed E-state index contributed by atoms with van der Waals surface area (Å²) in [6, 6.07) is 4.78. The summed E-state index contributed by atoms with van der Waals surface area (Å²) >= 11 is 0. The van der Waals surface area contributed by atoms with Crippen molar-refractivity contribution in [2.75, 3.05) is 19.8 Å². The van der Waals surface area contributed by atoms with E-state index in [0.717, 1.165) is 24.2 Å². The highest BCUT2D eigenvalue weighted by Crippen LogP contribution is 2.60. The fraction of sp³-hybridized carbons (Fsp3) is 0.625. The van der Waals surface area contributed by atoms with Gasteiger partial charge in [0.2, 0.25) is 0 Å². The summed E-state index contributed by atoms with van der Waals surface area (Å²) in [4.78, 5) is 40.8. The lowest BCUT2D eigenvalue weighted by atomic mass is 9.48. The third-order valence-electron chi connectivity index (χ3n) is 8.33. The Morgan fingerprint density at radius 2 is 1.65 bits per heavy atom. The Kier molecular flexibility index (Phi) is 3.99. The molecule has 0 unspecified atom stereocenters. The van der Waals surface area contributed by atoms with Gasteiger partial charge in [-0.2, -0.15) is 0 Å². The maximum Gasteiger partial charge on any atom is 0.325 e. The number of rotatable bonds is 4. The number of hydrogen-bond acceptors (Lipinski definition) is 5. The van der Waals surface area contributed by atoms with Gasteiger partial charge in [0.05, 0.1) is 6.54 Å². The number of benzene rings is 1. The first-order valence-corrected chi connectivity index (χ1v) is 11.4. The van der Waals surface area contributed by atoms with Crippen LogP contribution in [0, 0.1) is 23.2 Å². The van der Waals surface area contributed by atoms with Crippen molar-refractivity contribution < 1.29 is 23.9 Å². The SMILES string of the molecule is C[C@@]1(c2ccc3c(c2)OCCO3)NC(=O)N(CC(=O)C23CC4CC(CC(C4)C2)C3)C1=O. The second-order valence-corrected chi connectivity index (χ2v) is 10.4. The largest absolute Gasteiger partial charge is 0.486 e. The predicted molar refractivity (Wildman–Crippen MR) is 111 cm³/mol. The number of Topliss-reactive ketones (excluding diaryl/α,β-unsaturated/α-hetero) is 1. The van der Waals surface area contributed by atoms with E-state index >= 15 is 0 Å². The molecule has 4 saturated carbocycles. The maximum absolute atomic E-state index is 13.5. The first kappa shape index (κ1) is 19.1. The van der Waals surface area contributed by atoms with Gasteiger partial charge < -0.3 is 14.8 Å². The summed E-state index contributed by atoms with van der Waals surface area (Å²) in [5.74, 6) is 2.80. The van der Waals surface area contributed by atoms with Crippen molar-refractivity contribution in [1.29, 1.82) is 0 Å². The zero-order chi connectivity index (χ0) is 21.4. The topological polar surface area (TPSA) is 84.9 Å². The molecule has 2 aliphatic heterocycles. The van der Waals surface area contributed by atoms with E-state index < -0.39 is 11.6 Å². The van der Waals surface area contributed by atoms with E-state index in [4.69, 9.17) is 9.47 Å². The van der Waals surface area contributed by atoms with E-state index in [9.17, 15) is 14.4 Å². The third-order valence-corrected chi connectivity index (χ3v) is 8.33. The van der Waals surface area contributed by atoms with Crippen LogP contribution in [0.4, 0.5) is 4.79 Å². The van der Waals surface area contributed by atoms with Crippen molar-refractivity contribution in [2.45, 2.75) is 51.0 Å². The van der Waals surface area contributed by atoms with Crippen molar-refractivity contribution in [3.05, 3.63) is 23.8 Å². The number of urea groups is 1. The molecule has 3 amide bonds. The Morgan fingerprint density at radius 1 is 1.03 bits per heavy atom. The van der Waals surface area contributed by atoms with Crippen LogP contribution in [-0.2, 0) is 15.1 Å². The fourth-order valence-corrected chi connectivity index (χ4v) is 7.15. The number of fused-ring (bicyclic) bond motifs is 1. The van der Waals surface area contributed by atoms with Gasteiger partial charge in [-0.05, 0) is 80.9 Å². The summed E-state index contributed by atoms with van der Waals surface area (Å²) in [5.41, 5.74) is -0.931. The lowest BCUT2D eigenvalue weighted by Gasteiger charge is -2.56. The molecular weight excluding hydrogens is 396 g/mol. The van der Waals surface area contributed by atoms with E-state index in [0.29, 0.717) is 48.0 Å². The van der Waals surface area contributed by atoms with E-state index in [1.807, 2.05) is 0 Å². The molecule has 1 N–H and O–H groups in total. The minimum atomic E-state index is -1.23. The summed E-state index contributed by atoms with van der Waals surface area (Å²) in [6.07, 6.45) is 6.54. The molecule has 7 heteroatoms. The Bertz CT molecular complexity index is 953. The van der Waals surface area contributed by atoms with Crippen LogP contribution in [-0.4, -0.2) is 42.4 Å². The van der Waals surface area contributed by atoms with Gasteiger partial charge in [-0.1, -0.05) is 6.07 Å². The molecular formula is C24H28N2O5. The number of carbonyl (C=O) groups excluding carboxylic acids is 3. The van der Waals surface area contributed by atoms with Crippen LogP contribution in [0.25, 0.3) is 0 Å². The quantitative estimate of drug-likeness (QED) is 0.751. The second kappa shape index (κ2) is 6.47. The Balaban J connectivity index is 1.24. The molecule has 1 saturated heterocycles. The zero-order valence-corrected chi connectivity index (χ0v) is 17.8. The molecule has 4 bridgehead atoms. The molecule has 0 aromatic heterocycles. The monoisotopic (exact) mass is 424 g/mol. The molecule has 1 aromatic carbocycles. The van der Waals surface area contributed by atoms with E-state index in [2.05, 4.69) is 5.32 Å². The van der Waals surface area contributed by atoms with Crippen molar-refractivity contribution in [3.63, 3.8) is 0 Å². The van der Waals surface area contributed by atoms with Gasteiger partial charge >= 0.3 is 6.03 Å². The van der Waals surface area contributed by atoms with Crippen LogP contribution >= 0.6 is 0 Å². The number of nitrogens with one attached hydrogen (secondary N) is 1. The second-order valence-electron chi connectivity index (χ2n) is 10.4. The number of ether oxygens (including phenoxy) is 2. The van der Waals surface area contributed by atoms with Crippen molar-refractivity contribution in [2.24, 2.45) is 23.2 Å². The summed E-state index contributed by atoms with van der Waals surface area (Å²) in [6.45, 7) is 2.49. The van der Waals surface area contributed by atoms with Crippen molar-refractivity contribution >= 4 is 17.7 Å². The van der Waals surface area contributed by atoms with Crippen LogP contribution in [0.3, 0.4) is 0 Å². The molecule has 7 nitrogen and oxygen atoms in total. The Hall–Kier alpha value is -2.57. The van der Waals surface area contributed by atoms with Crippen molar-refractivity contribution in [3.8, 4) is 11.5 Å². The predicted octanol–water partition coefficient (Wildman–Crippen LogP) is 3.01. The van der Waals surface area contributed by atoms with Crippen LogP contribution in [0.1, 0.15) is 51.0 Å². The fourth-order valence-electron chi connectivity index (χ4n) is 7.15. The van der Waals surface area contributed by atoms with E-state index in [1.54, 1.807) is 25.1 Å². The summed E-state index contributed by atoms with van der Waals surface area (Å²) in [7, 11) is 0. The van der Waals surface area contributed by atoms with E-state index in [1.165, 1.54) is 19.3 Å². The molecule has 0 radical (unpaired) electrons. The van der Waals surface area contributed by atoms with Gasteiger partial charge in [-0.15, -0.1) is 0 Å². The Morgan fingerprint density at radius 3 is 2.29 bits per heavy atom. The standard InChI is InChI=1S/C24H28N2O5/c1-23(17-2-3-18-19(9-17)31-5-4-30-18)21(28)26(22(29)25-23)13-20(27)24-10-14-6-15(11-24)8-16(7-14)12-24/h2-3,9,14-16H,4-8,10-13H2,1H3,(H,25,29)/t14?,15?,16?,23-,24?/m0/s1. The van der Waals surface area contributed by atoms with Gasteiger partial charge in [0.15, 0.2) is 17.3 Å². The van der Waals surface area contributed by atoms with Gasteiger partial charge in [0.25, 0.3) is 5.91 Å². The van der Waals surface area contributed by atoms with Crippen molar-refractivity contribution in [1.82, 2.24) is 10.2 Å². The molecule has 4 aliphatic carbocycles. The normalized spacial score (nSPS) is 37.8. The average Bonchev–Trinajstić information content (AvgIpc) is 2.96. The molecule has 5 fully saturated rings. The minimum Gasteiger partial charge on any atom is -0.486 e. The van der Waals surface area contributed by atoms with Crippen LogP contribution < -0.4 is 14.8 Å². The maximum atomic E-state index is 13.5. The van der Waals surface area contributed by atoms with Gasteiger partial charge in [0, 0.05) is 5.41 Å². The number of amides is 3. The molecule has 31 heavy (non-hydrogen) atoms. The number of ketones is 1. The zero-order valence-electron chi connectivity index (χ0n) is 17.8. The molecule has 2 heterocycles. The highest BCUT2D eigenvalue weighted by Gasteiger charge is 2.56. The molecule has 1 atom stereocenters. The highest BCUT2D eigenvalue weighted by molar-refractivity contribution is 6.09. The van der Waals surface area contributed by atoms with Crippen LogP contribution in [0.2, 0.25) is 0 Å². The number of carbonyl (C=O) groups is 3. The molecule has 164 valence electrons. The first-order chi connectivity index (χ1) is 14.9. The lowest BCUT2D eigenvalue weighted by Crippen LogP contribution is -2.53. The molecule has 0 spiro atoms. The minimum absolute atomic E-state index is 0.0709. The number of hydrogen-bond donors (Lipinski definition) is 1. The highest BCUT2D eigenvalue weighted by atomic mass is 16.6. The third kappa shape index (κ3) is 2.81. The van der Waals surface area contributed by atoms with E-state index in [-0.39, 0.29) is 23.7 Å². The van der Waals surface area contributed by atoms with Crippen LogP contribution in [0.5, 0.6) is 11.5 Å². The summed E-state index contributed by atoms with van der Waals surface area (Å²) in [5, 5.41) is 2.82.